The van der Waals surface area contributed by atoms with Crippen molar-refractivity contribution in [2.24, 2.45) is 0 Å². The molecule has 0 aliphatic carbocycles. The lowest BCUT2D eigenvalue weighted by molar-refractivity contribution is 0.104. The number of ether oxygens (including phenoxy) is 2. The van der Waals surface area contributed by atoms with Crippen molar-refractivity contribution in [2.45, 2.75) is 45.8 Å². The summed E-state index contributed by atoms with van der Waals surface area (Å²) in [5, 5.41) is 19.5. The largest absolute Gasteiger partial charge is 0.491 e. The maximum absolute atomic E-state index is 9.76. The van der Waals surface area contributed by atoms with E-state index < -0.39 is 12.2 Å². The first-order valence-electron chi connectivity index (χ1n) is 12.6. The maximum Gasteiger partial charge on any atom is 0.164 e. The Labute approximate surface area is 217 Å². The first-order chi connectivity index (χ1) is 17.9. The van der Waals surface area contributed by atoms with Crippen molar-refractivity contribution in [1.82, 2.24) is 15.0 Å². The van der Waals surface area contributed by atoms with Crippen molar-refractivity contribution in [1.29, 1.82) is 0 Å². The van der Waals surface area contributed by atoms with Gasteiger partial charge in [-0.05, 0) is 68.3 Å². The first kappa shape index (κ1) is 26.3. The molecule has 2 N–H and O–H groups in total. The number of hydrogen-bond donors (Lipinski definition) is 2. The van der Waals surface area contributed by atoms with Crippen molar-refractivity contribution in [3.05, 3.63) is 78.4 Å². The molecule has 2 atom stereocenters. The molecule has 37 heavy (non-hydrogen) atoms. The van der Waals surface area contributed by atoms with Crippen LogP contribution in [0.25, 0.3) is 34.2 Å². The predicted octanol–water partition coefficient (Wildman–Crippen LogP) is 5.48. The molecule has 0 amide bonds. The number of benzene rings is 3. The molecule has 192 valence electrons. The number of aromatic nitrogens is 3. The van der Waals surface area contributed by atoms with Crippen LogP contribution in [-0.4, -0.2) is 50.6 Å². The highest BCUT2D eigenvalue weighted by atomic mass is 16.5. The average Bonchev–Trinajstić information content (AvgIpc) is 2.95. The predicted molar refractivity (Wildman–Crippen MR) is 144 cm³/mol. The van der Waals surface area contributed by atoms with Gasteiger partial charge in [-0.1, -0.05) is 43.7 Å². The Morgan fingerprint density at radius 3 is 1.22 bits per heavy atom. The summed E-state index contributed by atoms with van der Waals surface area (Å²) < 4.78 is 11.3. The number of aliphatic hydroxyl groups excluding tert-OH is 2. The van der Waals surface area contributed by atoms with Gasteiger partial charge in [0.15, 0.2) is 17.5 Å². The minimum absolute atomic E-state index is 0.250. The molecule has 0 saturated heterocycles. The number of aryl methyl sites for hydroxylation is 1. The van der Waals surface area contributed by atoms with Gasteiger partial charge < -0.3 is 19.7 Å². The summed E-state index contributed by atoms with van der Waals surface area (Å²) in [4.78, 5) is 14.3. The molecule has 2 unspecified atom stereocenters. The molecule has 1 aromatic heterocycles. The van der Waals surface area contributed by atoms with Crippen LogP contribution < -0.4 is 9.47 Å². The Hall–Kier alpha value is -3.81. The second kappa shape index (κ2) is 12.4. The van der Waals surface area contributed by atoms with Gasteiger partial charge in [-0.15, -0.1) is 0 Å². The second-order valence-corrected chi connectivity index (χ2v) is 8.97. The molecule has 0 aliphatic rings. The van der Waals surface area contributed by atoms with Gasteiger partial charge in [0, 0.05) is 16.7 Å². The van der Waals surface area contributed by atoms with E-state index in [4.69, 9.17) is 24.4 Å². The molecular weight excluding hydrogens is 466 g/mol. The Kier molecular flexibility index (Phi) is 8.82. The molecule has 0 radical (unpaired) electrons. The van der Waals surface area contributed by atoms with E-state index in [2.05, 4.69) is 0 Å². The lowest BCUT2D eigenvalue weighted by Gasteiger charge is -2.12. The Bertz CT molecular complexity index is 1200. The zero-order valence-electron chi connectivity index (χ0n) is 21.5. The summed E-state index contributed by atoms with van der Waals surface area (Å²) in [6.45, 7) is 6.37. The van der Waals surface area contributed by atoms with Crippen molar-refractivity contribution < 1.29 is 19.7 Å². The number of rotatable bonds is 11. The average molecular weight is 500 g/mol. The van der Waals surface area contributed by atoms with Crippen molar-refractivity contribution in [2.75, 3.05) is 13.2 Å². The molecule has 0 spiro atoms. The topological polar surface area (TPSA) is 97.6 Å². The third-order valence-corrected chi connectivity index (χ3v) is 6.00. The summed E-state index contributed by atoms with van der Waals surface area (Å²) in [6.07, 6.45) is 0.301. The van der Waals surface area contributed by atoms with Crippen molar-refractivity contribution in [3.8, 4) is 45.7 Å². The third kappa shape index (κ3) is 7.12. The lowest BCUT2D eigenvalue weighted by Crippen LogP contribution is -2.15. The number of hydrogen-bond acceptors (Lipinski definition) is 7. The van der Waals surface area contributed by atoms with Crippen LogP contribution in [0.4, 0.5) is 0 Å². The van der Waals surface area contributed by atoms with Gasteiger partial charge in [-0.25, -0.2) is 15.0 Å². The zero-order valence-corrected chi connectivity index (χ0v) is 21.5. The van der Waals surface area contributed by atoms with Crippen LogP contribution in [0.5, 0.6) is 11.5 Å². The Balaban J connectivity index is 1.65. The molecule has 4 aromatic rings. The second-order valence-electron chi connectivity index (χ2n) is 8.97. The molecule has 3 aromatic carbocycles. The fraction of sp³-hybridized carbons (Fsp3) is 0.300. The van der Waals surface area contributed by atoms with E-state index in [0.29, 0.717) is 41.8 Å². The van der Waals surface area contributed by atoms with Crippen LogP contribution >= 0.6 is 0 Å². The SMILES string of the molecule is CCC(O)COc1ccc(-c2nc(-c3ccc(C)cc3)nc(-c3ccc(OCC(O)CC)cc3)n2)cc1. The van der Waals surface area contributed by atoms with E-state index in [1.54, 1.807) is 0 Å². The minimum Gasteiger partial charge on any atom is -0.491 e. The third-order valence-electron chi connectivity index (χ3n) is 6.00. The van der Waals surface area contributed by atoms with E-state index in [-0.39, 0.29) is 13.2 Å². The normalized spacial score (nSPS) is 12.7. The number of aliphatic hydroxyl groups is 2. The van der Waals surface area contributed by atoms with Gasteiger partial charge in [-0.2, -0.15) is 0 Å². The molecule has 0 aliphatic heterocycles. The fourth-order valence-corrected chi connectivity index (χ4v) is 3.49. The van der Waals surface area contributed by atoms with Gasteiger partial charge >= 0.3 is 0 Å². The zero-order chi connectivity index (χ0) is 26.2. The lowest BCUT2D eigenvalue weighted by atomic mass is 10.1. The van der Waals surface area contributed by atoms with Crippen LogP contribution in [0.3, 0.4) is 0 Å². The smallest absolute Gasteiger partial charge is 0.164 e. The van der Waals surface area contributed by atoms with Crippen molar-refractivity contribution in [3.63, 3.8) is 0 Å². The minimum atomic E-state index is -0.490. The van der Waals surface area contributed by atoms with Crippen LogP contribution in [0, 0.1) is 6.92 Å². The summed E-state index contributed by atoms with van der Waals surface area (Å²) in [6, 6.07) is 23.1. The van der Waals surface area contributed by atoms with Crippen LogP contribution in [0.15, 0.2) is 72.8 Å². The van der Waals surface area contributed by atoms with Crippen LogP contribution in [0.1, 0.15) is 32.3 Å². The Morgan fingerprint density at radius 2 is 0.892 bits per heavy atom. The summed E-state index contributed by atoms with van der Waals surface area (Å²) in [7, 11) is 0. The molecule has 4 rings (SSSR count). The molecule has 0 saturated carbocycles. The monoisotopic (exact) mass is 499 g/mol. The quantitative estimate of drug-likeness (QED) is 0.282. The van der Waals surface area contributed by atoms with Gasteiger partial charge in [0.1, 0.15) is 24.7 Å². The highest BCUT2D eigenvalue weighted by Crippen LogP contribution is 2.27. The van der Waals surface area contributed by atoms with Gasteiger partial charge in [0.05, 0.1) is 12.2 Å². The fourth-order valence-electron chi connectivity index (χ4n) is 3.49. The standard InChI is InChI=1S/C30H33N3O4/c1-4-24(34)18-36-26-14-10-22(11-15-26)29-31-28(21-8-6-20(3)7-9-21)32-30(33-29)23-12-16-27(17-13-23)37-19-25(35)5-2/h6-17,24-25,34-35H,4-5,18-19H2,1-3H3. The number of nitrogens with zero attached hydrogens (tertiary/aromatic N) is 3. The Morgan fingerprint density at radius 1 is 0.568 bits per heavy atom. The molecule has 0 fully saturated rings. The van der Waals surface area contributed by atoms with E-state index in [1.807, 2.05) is 93.6 Å². The van der Waals surface area contributed by atoms with E-state index >= 15 is 0 Å². The molecular formula is C30H33N3O4. The van der Waals surface area contributed by atoms with Crippen LogP contribution in [-0.2, 0) is 0 Å². The van der Waals surface area contributed by atoms with E-state index in [0.717, 1.165) is 22.3 Å². The summed E-state index contributed by atoms with van der Waals surface area (Å²) >= 11 is 0. The maximum atomic E-state index is 9.76. The highest BCUT2D eigenvalue weighted by Gasteiger charge is 2.13. The first-order valence-corrected chi connectivity index (χ1v) is 12.6. The molecule has 0 bridgehead atoms. The van der Waals surface area contributed by atoms with Gasteiger partial charge in [-0.3, -0.25) is 0 Å². The van der Waals surface area contributed by atoms with Crippen LogP contribution in [0.2, 0.25) is 0 Å². The highest BCUT2D eigenvalue weighted by molar-refractivity contribution is 5.67. The molecule has 1 heterocycles. The summed E-state index contributed by atoms with van der Waals surface area (Å²) in [5.74, 6) is 3.03. The molecule has 7 nitrogen and oxygen atoms in total. The van der Waals surface area contributed by atoms with Gasteiger partial charge in [0.25, 0.3) is 0 Å². The van der Waals surface area contributed by atoms with Gasteiger partial charge in [0.2, 0.25) is 0 Å². The summed E-state index contributed by atoms with van der Waals surface area (Å²) in [5.41, 5.74) is 3.71. The van der Waals surface area contributed by atoms with E-state index in [9.17, 15) is 10.2 Å². The molecule has 7 heteroatoms. The van der Waals surface area contributed by atoms with Crippen molar-refractivity contribution >= 4 is 0 Å². The van der Waals surface area contributed by atoms with E-state index in [1.165, 1.54) is 0 Å².